The van der Waals surface area contributed by atoms with Crippen LogP contribution in [0.25, 0.3) is 22.2 Å². The summed E-state index contributed by atoms with van der Waals surface area (Å²) in [5.41, 5.74) is 2.53. The Morgan fingerprint density at radius 2 is 1.64 bits per heavy atom. The maximum Gasteiger partial charge on any atom is 0.338 e. The molecule has 0 spiro atoms. The van der Waals surface area contributed by atoms with Crippen LogP contribution >= 0.6 is 34.8 Å². The Hall–Kier alpha value is -3.57. The number of aromatic nitrogens is 3. The molecular weight excluding hydrogens is 608 g/mol. The van der Waals surface area contributed by atoms with Gasteiger partial charge < -0.3 is 24.3 Å². The fraction of sp³-hybridized carbons (Fsp3) is 0.167. The number of carbonyl (C=O) groups is 1. The molecule has 0 amide bonds. The number of hydrogen-bond donors (Lipinski definition) is 2. The number of benzene rings is 3. The first-order chi connectivity index (χ1) is 20.2. The molecule has 2 aromatic heterocycles. The molecule has 1 aliphatic rings. The number of ether oxygens (including phenoxy) is 2. The van der Waals surface area contributed by atoms with E-state index in [9.17, 15) is 19.4 Å². The van der Waals surface area contributed by atoms with Gasteiger partial charge in [-0.25, -0.2) is 19.2 Å². The average Bonchev–Trinajstić information content (AvgIpc) is 3.49. The number of aliphatic hydroxyl groups excluding tert-OH is 2. The highest BCUT2D eigenvalue weighted by atomic mass is 35.5. The Kier molecular flexibility index (Phi) is 7.89. The van der Waals surface area contributed by atoms with E-state index in [0.717, 1.165) is 23.7 Å². The van der Waals surface area contributed by atoms with Crippen molar-refractivity contribution >= 4 is 51.8 Å². The van der Waals surface area contributed by atoms with E-state index in [1.165, 1.54) is 16.7 Å². The predicted octanol–water partition coefficient (Wildman–Crippen LogP) is 6.42. The summed E-state index contributed by atoms with van der Waals surface area (Å²) in [5, 5.41) is 22.4. The minimum Gasteiger partial charge on any atom is -0.451 e. The number of rotatable bonds is 6. The highest BCUT2D eigenvalue weighted by molar-refractivity contribution is 6.42. The molecule has 5 atom stereocenters. The summed E-state index contributed by atoms with van der Waals surface area (Å²) in [6.07, 6.45) is -4.80. The molecular formula is C30H21Cl3FN3O5. The second-order valence-electron chi connectivity index (χ2n) is 9.66. The van der Waals surface area contributed by atoms with E-state index in [0.29, 0.717) is 5.56 Å². The highest BCUT2D eigenvalue weighted by Crippen LogP contribution is 2.41. The zero-order chi connectivity index (χ0) is 29.5. The molecule has 3 aromatic carbocycles. The van der Waals surface area contributed by atoms with Crippen LogP contribution in [0.5, 0.6) is 0 Å². The summed E-state index contributed by atoms with van der Waals surface area (Å²) in [6.45, 7) is 0. The standard InChI is InChI=1S/C30H21Cl3FN3O5/c31-19-11-10-18(12-20(19)32)25(42-30(40)17-8-6-16(7-9-17)15-4-2-1-3-5-15)26-23(38)24(39)29(41-26)37-13-21(34)22-27(33)35-14-36-28(22)37/h1-14,23-26,29,38-39H/t23-,24+,25+,26-,29+/m0/s1. The molecule has 2 N–H and O–H groups in total. The van der Waals surface area contributed by atoms with Crippen LogP contribution in [-0.2, 0) is 9.47 Å². The fourth-order valence-corrected chi connectivity index (χ4v) is 5.52. The van der Waals surface area contributed by atoms with Crippen LogP contribution < -0.4 is 0 Å². The van der Waals surface area contributed by atoms with Gasteiger partial charge in [-0.1, -0.05) is 83.3 Å². The summed E-state index contributed by atoms with van der Waals surface area (Å²) in [4.78, 5) is 21.2. The van der Waals surface area contributed by atoms with Crippen molar-refractivity contribution < 1.29 is 28.9 Å². The van der Waals surface area contributed by atoms with Crippen LogP contribution in [0, 0.1) is 5.82 Å². The molecule has 5 aromatic rings. The van der Waals surface area contributed by atoms with Crippen molar-refractivity contribution in [1.29, 1.82) is 0 Å². The fourth-order valence-electron chi connectivity index (χ4n) is 4.99. The number of carbonyl (C=O) groups excluding carboxylic acids is 1. The first kappa shape index (κ1) is 28.5. The van der Waals surface area contributed by atoms with Crippen molar-refractivity contribution in [2.24, 2.45) is 0 Å². The van der Waals surface area contributed by atoms with Gasteiger partial charge in [0.05, 0.1) is 21.0 Å². The first-order valence-electron chi connectivity index (χ1n) is 12.7. The SMILES string of the molecule is O=C(O[C@H](c1ccc(Cl)c(Cl)c1)[C@H]1O[C@@H](n2cc(F)c3c(Cl)ncnc32)[C@H](O)[C@@H]1O)c1ccc(-c2ccccc2)cc1. The zero-order valence-electron chi connectivity index (χ0n) is 21.4. The number of halogens is 4. The molecule has 1 saturated heterocycles. The lowest BCUT2D eigenvalue weighted by Gasteiger charge is -2.26. The predicted molar refractivity (Wildman–Crippen MR) is 155 cm³/mol. The van der Waals surface area contributed by atoms with Crippen LogP contribution in [0.3, 0.4) is 0 Å². The molecule has 0 aliphatic carbocycles. The number of fused-ring (bicyclic) bond motifs is 1. The average molecular weight is 629 g/mol. The molecule has 0 bridgehead atoms. The van der Waals surface area contributed by atoms with Gasteiger partial charge in [0.15, 0.2) is 18.1 Å². The smallest absolute Gasteiger partial charge is 0.338 e. The van der Waals surface area contributed by atoms with Crippen molar-refractivity contribution in [3.63, 3.8) is 0 Å². The van der Waals surface area contributed by atoms with E-state index in [4.69, 9.17) is 44.3 Å². The lowest BCUT2D eigenvalue weighted by atomic mass is 9.98. The van der Waals surface area contributed by atoms with Crippen LogP contribution in [0.1, 0.15) is 28.3 Å². The van der Waals surface area contributed by atoms with Gasteiger partial charge in [0.1, 0.15) is 35.4 Å². The maximum atomic E-state index is 14.8. The minimum absolute atomic E-state index is 0.0472. The van der Waals surface area contributed by atoms with Gasteiger partial charge in [0, 0.05) is 6.20 Å². The molecule has 3 heterocycles. The van der Waals surface area contributed by atoms with E-state index in [1.54, 1.807) is 30.3 Å². The Bertz CT molecular complexity index is 1770. The third-order valence-electron chi connectivity index (χ3n) is 7.10. The summed E-state index contributed by atoms with van der Waals surface area (Å²) >= 11 is 18.4. The quantitative estimate of drug-likeness (QED) is 0.165. The third-order valence-corrected chi connectivity index (χ3v) is 8.12. The normalized spacial score (nSPS) is 21.0. The number of aliphatic hydroxyl groups is 2. The van der Waals surface area contributed by atoms with E-state index in [1.807, 2.05) is 30.3 Å². The van der Waals surface area contributed by atoms with Crippen LogP contribution in [0.2, 0.25) is 15.2 Å². The molecule has 0 saturated carbocycles. The monoisotopic (exact) mass is 627 g/mol. The topological polar surface area (TPSA) is 107 Å². The van der Waals surface area contributed by atoms with Gasteiger partial charge in [-0.05, 0) is 41.0 Å². The van der Waals surface area contributed by atoms with E-state index in [2.05, 4.69) is 9.97 Å². The molecule has 8 nitrogen and oxygen atoms in total. The molecule has 1 aliphatic heterocycles. The summed E-state index contributed by atoms with van der Waals surface area (Å²) in [7, 11) is 0. The van der Waals surface area contributed by atoms with Crippen LogP contribution in [0.15, 0.2) is 85.3 Å². The molecule has 42 heavy (non-hydrogen) atoms. The van der Waals surface area contributed by atoms with Crippen molar-refractivity contribution in [2.75, 3.05) is 0 Å². The molecule has 0 unspecified atom stereocenters. The summed E-state index contributed by atoms with van der Waals surface area (Å²) in [5.74, 6) is -1.45. The molecule has 0 radical (unpaired) electrons. The Morgan fingerprint density at radius 1 is 0.929 bits per heavy atom. The van der Waals surface area contributed by atoms with Gasteiger partial charge in [0.25, 0.3) is 0 Å². The minimum atomic E-state index is -1.57. The van der Waals surface area contributed by atoms with E-state index in [-0.39, 0.29) is 31.8 Å². The van der Waals surface area contributed by atoms with E-state index >= 15 is 0 Å². The Morgan fingerprint density at radius 3 is 2.36 bits per heavy atom. The number of esters is 1. The van der Waals surface area contributed by atoms with Gasteiger partial charge in [-0.15, -0.1) is 0 Å². The van der Waals surface area contributed by atoms with Gasteiger partial charge in [-0.3, -0.25) is 0 Å². The number of nitrogens with zero attached hydrogens (tertiary/aromatic N) is 3. The third kappa shape index (κ3) is 5.24. The molecule has 12 heteroatoms. The molecule has 6 rings (SSSR count). The van der Waals surface area contributed by atoms with Gasteiger partial charge in [0.2, 0.25) is 0 Å². The van der Waals surface area contributed by atoms with Gasteiger partial charge >= 0.3 is 5.97 Å². The first-order valence-corrected chi connectivity index (χ1v) is 13.9. The number of hydrogen-bond acceptors (Lipinski definition) is 7. The lowest BCUT2D eigenvalue weighted by molar-refractivity contribution is -0.0917. The van der Waals surface area contributed by atoms with Crippen LogP contribution in [-0.4, -0.2) is 49.0 Å². The maximum absolute atomic E-state index is 14.8. The van der Waals surface area contributed by atoms with Crippen molar-refractivity contribution in [3.8, 4) is 11.1 Å². The van der Waals surface area contributed by atoms with Crippen molar-refractivity contribution in [2.45, 2.75) is 30.6 Å². The molecule has 1 fully saturated rings. The zero-order valence-corrected chi connectivity index (χ0v) is 23.7. The largest absolute Gasteiger partial charge is 0.451 e. The van der Waals surface area contributed by atoms with Crippen molar-refractivity contribution in [1.82, 2.24) is 14.5 Å². The Balaban J connectivity index is 1.33. The molecule has 214 valence electrons. The lowest BCUT2D eigenvalue weighted by Crippen LogP contribution is -2.36. The summed E-state index contributed by atoms with van der Waals surface area (Å²) < 4.78 is 27.9. The van der Waals surface area contributed by atoms with Crippen molar-refractivity contribution in [3.05, 3.63) is 117 Å². The second-order valence-corrected chi connectivity index (χ2v) is 10.8. The van der Waals surface area contributed by atoms with Gasteiger partial charge in [-0.2, -0.15) is 0 Å². The van der Waals surface area contributed by atoms with Crippen LogP contribution in [0.4, 0.5) is 4.39 Å². The van der Waals surface area contributed by atoms with E-state index < -0.39 is 42.4 Å². The second kappa shape index (κ2) is 11.6. The highest BCUT2D eigenvalue weighted by Gasteiger charge is 2.49. The Labute approximate surface area is 253 Å². The summed E-state index contributed by atoms with van der Waals surface area (Å²) in [6, 6.07) is 21.0.